The zero-order chi connectivity index (χ0) is 21.1. The highest BCUT2D eigenvalue weighted by molar-refractivity contribution is 6.02. The molecule has 1 atom stereocenters. The Morgan fingerprint density at radius 2 is 1.73 bits per heavy atom. The Bertz CT molecular complexity index is 809. The average Bonchev–Trinajstić information content (AvgIpc) is 2.79. The smallest absolute Gasteiger partial charge is 0.325 e. The molecule has 1 aromatic rings. The van der Waals surface area contributed by atoms with Crippen LogP contribution in [0.3, 0.4) is 0 Å². The molecule has 6 nitrogen and oxygen atoms in total. The van der Waals surface area contributed by atoms with E-state index in [4.69, 9.17) is 4.74 Å². The summed E-state index contributed by atoms with van der Waals surface area (Å²) in [6.45, 7) is -0.151. The standard InChI is InChI=1S/C24H32N2O4/c1-30-20(27)16-25-22(28)21-18-12-6-7-13-19(18)23(29)26(17-10-4-2-5-11-17)24(21)14-8-3-9-15-24/h6-7,12-13,17,21H,2-5,8-11,14-16H2,1H3,(H,25,28)/t21-/m0/s1. The highest BCUT2D eigenvalue weighted by Crippen LogP contribution is 2.51. The summed E-state index contributed by atoms with van der Waals surface area (Å²) in [6, 6.07) is 7.74. The van der Waals surface area contributed by atoms with Crippen LogP contribution in [-0.2, 0) is 14.3 Å². The summed E-state index contributed by atoms with van der Waals surface area (Å²) in [4.78, 5) is 41.1. The van der Waals surface area contributed by atoms with E-state index in [0.717, 1.165) is 63.4 Å². The first-order valence-electron chi connectivity index (χ1n) is 11.4. The van der Waals surface area contributed by atoms with Crippen LogP contribution in [0.25, 0.3) is 0 Å². The summed E-state index contributed by atoms with van der Waals surface area (Å²) in [5.74, 6) is -1.02. The third-order valence-corrected chi connectivity index (χ3v) is 7.29. The number of carbonyl (C=O) groups is 3. The minimum atomic E-state index is -0.508. The molecule has 1 spiro atoms. The second-order valence-corrected chi connectivity index (χ2v) is 8.95. The lowest BCUT2D eigenvalue weighted by molar-refractivity contribution is -0.142. The van der Waals surface area contributed by atoms with Crippen LogP contribution in [0.5, 0.6) is 0 Å². The minimum Gasteiger partial charge on any atom is -0.468 e. The van der Waals surface area contributed by atoms with Crippen LogP contribution >= 0.6 is 0 Å². The first kappa shape index (κ1) is 20.9. The molecule has 30 heavy (non-hydrogen) atoms. The number of amides is 2. The minimum absolute atomic E-state index is 0.0800. The molecule has 1 N–H and O–H groups in total. The monoisotopic (exact) mass is 412 g/mol. The SMILES string of the molecule is COC(=O)CNC(=O)[C@@H]1c2ccccc2C(=O)N(C2CCCCC2)C12CCCCC2. The Balaban J connectivity index is 1.79. The molecule has 6 heteroatoms. The van der Waals surface area contributed by atoms with Crippen molar-refractivity contribution in [1.82, 2.24) is 10.2 Å². The number of benzene rings is 1. The molecule has 1 heterocycles. The molecule has 0 radical (unpaired) electrons. The summed E-state index contributed by atoms with van der Waals surface area (Å²) in [5, 5.41) is 2.80. The molecule has 3 aliphatic rings. The van der Waals surface area contributed by atoms with Gasteiger partial charge in [0.25, 0.3) is 5.91 Å². The van der Waals surface area contributed by atoms with Gasteiger partial charge in [0.05, 0.1) is 18.6 Å². The molecular formula is C24H32N2O4. The van der Waals surface area contributed by atoms with Crippen LogP contribution < -0.4 is 5.32 Å². The van der Waals surface area contributed by atoms with E-state index in [-0.39, 0.29) is 24.4 Å². The molecular weight excluding hydrogens is 380 g/mol. The predicted molar refractivity (Wildman–Crippen MR) is 113 cm³/mol. The molecule has 2 saturated carbocycles. The van der Waals surface area contributed by atoms with E-state index in [2.05, 4.69) is 10.2 Å². The van der Waals surface area contributed by atoms with Crippen LogP contribution in [0.1, 0.15) is 86.0 Å². The van der Waals surface area contributed by atoms with Crippen LogP contribution in [0.4, 0.5) is 0 Å². The summed E-state index contributed by atoms with van der Waals surface area (Å²) in [5.41, 5.74) is 0.933. The van der Waals surface area contributed by atoms with E-state index in [9.17, 15) is 14.4 Å². The molecule has 4 rings (SSSR count). The van der Waals surface area contributed by atoms with Gasteiger partial charge in [-0.15, -0.1) is 0 Å². The van der Waals surface area contributed by atoms with Gasteiger partial charge in [-0.3, -0.25) is 14.4 Å². The lowest BCUT2D eigenvalue weighted by Gasteiger charge is -2.57. The number of esters is 1. The van der Waals surface area contributed by atoms with Crippen molar-refractivity contribution in [2.75, 3.05) is 13.7 Å². The van der Waals surface area contributed by atoms with Crippen molar-refractivity contribution in [3.8, 4) is 0 Å². The Morgan fingerprint density at radius 3 is 2.43 bits per heavy atom. The van der Waals surface area contributed by atoms with E-state index in [1.165, 1.54) is 13.5 Å². The van der Waals surface area contributed by atoms with Gasteiger partial charge in [-0.05, 0) is 37.3 Å². The van der Waals surface area contributed by atoms with Gasteiger partial charge in [0.15, 0.2) is 0 Å². The lowest BCUT2D eigenvalue weighted by Crippen LogP contribution is -2.65. The van der Waals surface area contributed by atoms with E-state index < -0.39 is 17.4 Å². The lowest BCUT2D eigenvalue weighted by atomic mass is 9.64. The van der Waals surface area contributed by atoms with Gasteiger partial charge in [-0.1, -0.05) is 56.7 Å². The highest BCUT2D eigenvalue weighted by atomic mass is 16.5. The number of fused-ring (bicyclic) bond motifs is 1. The fourth-order valence-electron chi connectivity index (χ4n) is 5.99. The molecule has 1 aliphatic heterocycles. The summed E-state index contributed by atoms with van der Waals surface area (Å²) >= 11 is 0. The molecule has 2 fully saturated rings. The number of ether oxygens (including phenoxy) is 1. The van der Waals surface area contributed by atoms with Crippen molar-refractivity contribution in [3.05, 3.63) is 35.4 Å². The van der Waals surface area contributed by atoms with Gasteiger partial charge in [0.1, 0.15) is 6.54 Å². The summed E-state index contributed by atoms with van der Waals surface area (Å²) in [6.07, 6.45) is 10.3. The molecule has 0 saturated heterocycles. The van der Waals surface area contributed by atoms with Gasteiger partial charge >= 0.3 is 5.97 Å². The van der Waals surface area contributed by atoms with E-state index in [0.29, 0.717) is 5.56 Å². The van der Waals surface area contributed by atoms with E-state index >= 15 is 0 Å². The third kappa shape index (κ3) is 3.61. The maximum atomic E-state index is 13.8. The maximum absolute atomic E-state index is 13.8. The number of carbonyl (C=O) groups excluding carboxylic acids is 3. The first-order chi connectivity index (χ1) is 14.6. The van der Waals surface area contributed by atoms with Crippen LogP contribution in [0, 0.1) is 0 Å². The average molecular weight is 413 g/mol. The number of methoxy groups -OCH3 is 1. The highest BCUT2D eigenvalue weighted by Gasteiger charge is 2.56. The zero-order valence-corrected chi connectivity index (χ0v) is 17.8. The van der Waals surface area contributed by atoms with Crippen molar-refractivity contribution >= 4 is 17.8 Å². The topological polar surface area (TPSA) is 75.7 Å². The molecule has 2 amide bonds. The molecule has 2 aliphatic carbocycles. The number of nitrogens with zero attached hydrogens (tertiary/aromatic N) is 1. The molecule has 0 unspecified atom stereocenters. The molecule has 162 valence electrons. The zero-order valence-electron chi connectivity index (χ0n) is 17.8. The van der Waals surface area contributed by atoms with E-state index in [1.807, 2.05) is 24.3 Å². The van der Waals surface area contributed by atoms with Gasteiger partial charge in [-0.2, -0.15) is 0 Å². The Kier molecular flexibility index (Phi) is 6.11. The Labute approximate surface area is 178 Å². The second-order valence-electron chi connectivity index (χ2n) is 8.95. The van der Waals surface area contributed by atoms with Crippen LogP contribution in [0.15, 0.2) is 24.3 Å². The Hall–Kier alpha value is -2.37. The fraction of sp³-hybridized carbons (Fsp3) is 0.625. The van der Waals surface area contributed by atoms with Gasteiger partial charge in [-0.25, -0.2) is 0 Å². The second kappa shape index (κ2) is 8.78. The molecule has 1 aromatic carbocycles. The fourth-order valence-corrected chi connectivity index (χ4v) is 5.99. The largest absolute Gasteiger partial charge is 0.468 e. The van der Waals surface area contributed by atoms with Gasteiger partial charge in [0, 0.05) is 11.6 Å². The van der Waals surface area contributed by atoms with Crippen molar-refractivity contribution in [1.29, 1.82) is 0 Å². The predicted octanol–water partition coefficient (Wildman–Crippen LogP) is 3.55. The van der Waals surface area contributed by atoms with Crippen LogP contribution in [-0.4, -0.2) is 47.9 Å². The van der Waals surface area contributed by atoms with E-state index in [1.54, 1.807) is 0 Å². The number of nitrogens with one attached hydrogen (secondary N) is 1. The normalized spacial score (nSPS) is 23.7. The quantitative estimate of drug-likeness (QED) is 0.768. The number of rotatable bonds is 4. The van der Waals surface area contributed by atoms with Gasteiger partial charge < -0.3 is 15.0 Å². The number of hydrogen-bond donors (Lipinski definition) is 1. The molecule has 0 aromatic heterocycles. The number of hydrogen-bond acceptors (Lipinski definition) is 4. The third-order valence-electron chi connectivity index (χ3n) is 7.29. The van der Waals surface area contributed by atoms with Crippen molar-refractivity contribution < 1.29 is 19.1 Å². The van der Waals surface area contributed by atoms with Gasteiger partial charge in [0.2, 0.25) is 5.91 Å². The summed E-state index contributed by atoms with van der Waals surface area (Å²) in [7, 11) is 1.32. The van der Waals surface area contributed by atoms with Crippen LogP contribution in [0.2, 0.25) is 0 Å². The Morgan fingerprint density at radius 1 is 1.07 bits per heavy atom. The maximum Gasteiger partial charge on any atom is 0.325 e. The van der Waals surface area contributed by atoms with Crippen molar-refractivity contribution in [3.63, 3.8) is 0 Å². The first-order valence-corrected chi connectivity index (χ1v) is 11.4. The van der Waals surface area contributed by atoms with Crippen molar-refractivity contribution in [2.24, 2.45) is 0 Å². The summed E-state index contributed by atoms with van der Waals surface area (Å²) < 4.78 is 4.71. The molecule has 0 bridgehead atoms. The van der Waals surface area contributed by atoms with Crippen molar-refractivity contribution in [2.45, 2.75) is 81.7 Å².